The largest absolute Gasteiger partial charge is 0.550 e. The van der Waals surface area contributed by atoms with E-state index in [1.54, 1.807) is 0 Å². The molecular weight excluding hydrogens is 282 g/mol. The first-order valence-electron chi connectivity index (χ1n) is 8.18. The number of hydrogen-bond donors (Lipinski definition) is 0. The van der Waals surface area contributed by atoms with Crippen molar-refractivity contribution in [2.45, 2.75) is 71.1 Å². The number of nitrogens with zero attached hydrogens (tertiary/aromatic N) is 1. The molecule has 0 saturated heterocycles. The molecule has 5 nitrogen and oxygen atoms in total. The van der Waals surface area contributed by atoms with E-state index in [1.165, 1.54) is 64.1 Å². The zero-order valence-corrected chi connectivity index (χ0v) is 13.8. The smallest absolute Gasteiger partial charge is 0.253 e. The Morgan fingerprint density at radius 2 is 1.32 bits per heavy atom. The lowest BCUT2D eigenvalue weighted by atomic mass is 10.1. The number of rotatable bonds is 10. The number of carbonyl (C=O) groups excluding carboxylic acids is 3. The van der Waals surface area contributed by atoms with Crippen LogP contribution in [0.4, 0.5) is 0 Å². The number of aliphatic carboxylic acids is 1. The van der Waals surface area contributed by atoms with E-state index in [-0.39, 0.29) is 18.2 Å². The number of hydrogen-bond acceptors (Lipinski definition) is 4. The maximum Gasteiger partial charge on any atom is 0.253 e. The summed E-state index contributed by atoms with van der Waals surface area (Å²) in [5.74, 6) is -1.39. The predicted octanol–water partition coefficient (Wildman–Crippen LogP) is 2.20. The van der Waals surface area contributed by atoms with Crippen LogP contribution in [0.1, 0.15) is 71.1 Å². The topological polar surface area (TPSA) is 77.5 Å². The normalized spacial score (nSPS) is 13.3. The molecule has 5 heteroatoms. The van der Waals surface area contributed by atoms with Crippen molar-refractivity contribution in [1.82, 2.24) is 4.90 Å². The molecule has 1 heterocycles. The van der Waals surface area contributed by atoms with Crippen molar-refractivity contribution in [3.63, 3.8) is 0 Å². The van der Waals surface area contributed by atoms with Gasteiger partial charge in [0, 0.05) is 25.2 Å². The highest BCUT2D eigenvalue weighted by molar-refractivity contribution is 6.12. The molecule has 0 aromatic carbocycles. The SMILES string of the molecule is CCCCCCCCCCCC(=O)[O-].CN1C(=O)C=CC1=O. The van der Waals surface area contributed by atoms with E-state index in [2.05, 4.69) is 6.92 Å². The van der Waals surface area contributed by atoms with Crippen molar-refractivity contribution in [2.24, 2.45) is 0 Å². The van der Waals surface area contributed by atoms with Gasteiger partial charge in [-0.15, -0.1) is 0 Å². The molecule has 1 aliphatic rings. The summed E-state index contributed by atoms with van der Waals surface area (Å²) in [5, 5.41) is 10.1. The zero-order valence-electron chi connectivity index (χ0n) is 13.8. The van der Waals surface area contributed by atoms with Gasteiger partial charge in [-0.1, -0.05) is 58.3 Å². The molecule has 2 amide bonds. The van der Waals surface area contributed by atoms with Crippen LogP contribution in [0.15, 0.2) is 12.2 Å². The van der Waals surface area contributed by atoms with Gasteiger partial charge in [0.15, 0.2) is 0 Å². The molecule has 0 saturated carbocycles. The van der Waals surface area contributed by atoms with Gasteiger partial charge in [0.1, 0.15) is 0 Å². The lowest BCUT2D eigenvalue weighted by Crippen LogP contribution is -2.24. The summed E-state index contributed by atoms with van der Waals surface area (Å²) in [6.07, 6.45) is 13.7. The van der Waals surface area contributed by atoms with Crippen LogP contribution in [-0.2, 0) is 14.4 Å². The molecular formula is C17H28NO4-. The van der Waals surface area contributed by atoms with Crippen LogP contribution < -0.4 is 5.11 Å². The molecule has 0 spiro atoms. The van der Waals surface area contributed by atoms with Crippen LogP contribution >= 0.6 is 0 Å². The van der Waals surface area contributed by atoms with E-state index in [0.717, 1.165) is 17.7 Å². The standard InChI is InChI=1S/C12H24O2.C5H5NO2/c1-2-3-4-5-6-7-8-9-10-11-12(13)14;1-6-4(7)2-3-5(6)8/h2-11H2,1H3,(H,13,14);2-3H,1H3/p-1. The van der Waals surface area contributed by atoms with Gasteiger partial charge in [-0.25, -0.2) is 0 Å². The van der Waals surface area contributed by atoms with Gasteiger partial charge in [-0.3, -0.25) is 14.5 Å². The second-order valence-electron chi connectivity index (χ2n) is 5.52. The van der Waals surface area contributed by atoms with E-state index in [1.807, 2.05) is 0 Å². The first kappa shape index (κ1) is 20.3. The van der Waals surface area contributed by atoms with Gasteiger partial charge < -0.3 is 9.90 Å². The second-order valence-corrected chi connectivity index (χ2v) is 5.52. The summed E-state index contributed by atoms with van der Waals surface area (Å²) in [6, 6.07) is 0. The minimum atomic E-state index is -0.909. The molecule has 22 heavy (non-hydrogen) atoms. The number of amides is 2. The minimum Gasteiger partial charge on any atom is -0.550 e. The summed E-state index contributed by atoms with van der Waals surface area (Å²) >= 11 is 0. The molecule has 0 bridgehead atoms. The van der Waals surface area contributed by atoms with Gasteiger partial charge >= 0.3 is 0 Å². The Labute approximate surface area is 133 Å². The molecule has 0 aromatic rings. The highest BCUT2D eigenvalue weighted by atomic mass is 16.4. The highest BCUT2D eigenvalue weighted by Gasteiger charge is 2.17. The third-order valence-electron chi connectivity index (χ3n) is 3.51. The van der Waals surface area contributed by atoms with Crippen molar-refractivity contribution >= 4 is 17.8 Å². The molecule has 0 unspecified atom stereocenters. The molecule has 0 aliphatic carbocycles. The summed E-state index contributed by atoms with van der Waals surface area (Å²) in [6.45, 7) is 2.22. The zero-order chi connectivity index (χ0) is 16.8. The van der Waals surface area contributed by atoms with Crippen LogP contribution in [0, 0.1) is 0 Å². The molecule has 0 N–H and O–H groups in total. The van der Waals surface area contributed by atoms with Crippen molar-refractivity contribution in [3.05, 3.63) is 12.2 Å². The van der Waals surface area contributed by atoms with Gasteiger partial charge in [-0.2, -0.15) is 0 Å². The number of carboxylic acid groups (broad SMARTS) is 1. The van der Waals surface area contributed by atoms with Crippen LogP contribution in [0.3, 0.4) is 0 Å². The molecule has 1 rings (SSSR count). The Morgan fingerprint density at radius 1 is 0.909 bits per heavy atom. The van der Waals surface area contributed by atoms with Crippen LogP contribution in [0.25, 0.3) is 0 Å². The lowest BCUT2D eigenvalue weighted by molar-refractivity contribution is -0.305. The third-order valence-corrected chi connectivity index (χ3v) is 3.51. The fraction of sp³-hybridized carbons (Fsp3) is 0.706. The van der Waals surface area contributed by atoms with E-state index in [4.69, 9.17) is 0 Å². The molecule has 0 aromatic heterocycles. The van der Waals surface area contributed by atoms with E-state index >= 15 is 0 Å². The quantitative estimate of drug-likeness (QED) is 0.458. The summed E-state index contributed by atoms with van der Waals surface area (Å²) in [5.41, 5.74) is 0. The predicted molar refractivity (Wildman–Crippen MR) is 83.8 cm³/mol. The Bertz CT molecular complexity index is 359. The summed E-state index contributed by atoms with van der Waals surface area (Å²) < 4.78 is 0. The van der Waals surface area contributed by atoms with E-state index in [0.29, 0.717) is 0 Å². The average Bonchev–Trinajstić information content (AvgIpc) is 2.77. The van der Waals surface area contributed by atoms with Crippen LogP contribution in [0.5, 0.6) is 0 Å². The van der Waals surface area contributed by atoms with Crippen molar-refractivity contribution in [1.29, 1.82) is 0 Å². The van der Waals surface area contributed by atoms with Crippen molar-refractivity contribution in [2.75, 3.05) is 7.05 Å². The Balaban J connectivity index is 0.000000461. The van der Waals surface area contributed by atoms with E-state index in [9.17, 15) is 19.5 Å². The lowest BCUT2D eigenvalue weighted by Gasteiger charge is -2.02. The van der Waals surface area contributed by atoms with Gasteiger partial charge in [0.05, 0.1) is 0 Å². The third kappa shape index (κ3) is 11.1. The van der Waals surface area contributed by atoms with E-state index < -0.39 is 5.97 Å². The molecule has 126 valence electrons. The minimum absolute atomic E-state index is 0.232. The van der Waals surface area contributed by atoms with Crippen LogP contribution in [0.2, 0.25) is 0 Å². The van der Waals surface area contributed by atoms with Crippen LogP contribution in [-0.4, -0.2) is 29.7 Å². The Morgan fingerprint density at radius 3 is 1.64 bits per heavy atom. The summed E-state index contributed by atoms with van der Waals surface area (Å²) in [4.78, 5) is 32.0. The average molecular weight is 310 g/mol. The molecule has 0 atom stereocenters. The number of carboxylic acids is 1. The monoisotopic (exact) mass is 310 g/mol. The maximum atomic E-state index is 10.4. The van der Waals surface area contributed by atoms with Crippen molar-refractivity contribution < 1.29 is 19.5 Å². The molecule has 0 fully saturated rings. The van der Waals surface area contributed by atoms with Gasteiger partial charge in [0.2, 0.25) is 0 Å². The van der Waals surface area contributed by atoms with Gasteiger partial charge in [0.25, 0.3) is 11.8 Å². The Kier molecular flexibility index (Phi) is 12.1. The fourth-order valence-electron chi connectivity index (χ4n) is 2.05. The first-order valence-corrected chi connectivity index (χ1v) is 8.18. The van der Waals surface area contributed by atoms with Crippen molar-refractivity contribution in [3.8, 4) is 0 Å². The summed E-state index contributed by atoms with van der Waals surface area (Å²) in [7, 11) is 1.45. The fourth-order valence-corrected chi connectivity index (χ4v) is 2.05. The first-order chi connectivity index (χ1) is 10.5. The number of carbonyl (C=O) groups is 3. The van der Waals surface area contributed by atoms with Gasteiger partial charge in [-0.05, 0) is 12.8 Å². The molecule has 1 aliphatic heterocycles. The number of unbranched alkanes of at least 4 members (excludes halogenated alkanes) is 8. The molecule has 0 radical (unpaired) electrons. The highest BCUT2D eigenvalue weighted by Crippen LogP contribution is 2.10. The maximum absolute atomic E-state index is 10.4. The second kappa shape index (κ2) is 13.0. The Hall–Kier alpha value is -1.65. The number of likely N-dealkylation sites (N-methyl/N-ethyl adjacent to an activating group) is 1. The number of imide groups is 1.